The summed E-state index contributed by atoms with van der Waals surface area (Å²) in [7, 11) is 4.08. The lowest BCUT2D eigenvalue weighted by Crippen LogP contribution is -2.23. The van der Waals surface area contributed by atoms with E-state index in [0.717, 1.165) is 48.8 Å². The van der Waals surface area contributed by atoms with Crippen molar-refractivity contribution >= 4 is 21.6 Å². The van der Waals surface area contributed by atoms with Gasteiger partial charge in [-0.15, -0.1) is 0 Å². The second-order valence-corrected chi connectivity index (χ2v) is 5.59. The Morgan fingerprint density at radius 1 is 1.30 bits per heavy atom. The summed E-state index contributed by atoms with van der Waals surface area (Å²) in [5.74, 6) is 0. The van der Waals surface area contributed by atoms with Crippen molar-refractivity contribution < 1.29 is 4.74 Å². The highest BCUT2D eigenvalue weighted by Crippen LogP contribution is 2.10. The minimum absolute atomic E-state index is 0.718. The van der Waals surface area contributed by atoms with Crippen molar-refractivity contribution in [3.8, 4) is 0 Å². The van der Waals surface area contributed by atoms with Gasteiger partial charge in [0.15, 0.2) is 5.65 Å². The van der Waals surface area contributed by atoms with Gasteiger partial charge in [0, 0.05) is 25.8 Å². The van der Waals surface area contributed by atoms with Crippen molar-refractivity contribution in [2.75, 3.05) is 40.4 Å². The second-order valence-electron chi connectivity index (χ2n) is 4.78. The molecule has 0 aromatic carbocycles. The number of ether oxygens (including phenoxy) is 1. The average molecular weight is 342 g/mol. The highest BCUT2D eigenvalue weighted by Gasteiger charge is 2.03. The number of likely N-dealkylation sites (N-methyl/N-ethyl adjacent to an activating group) is 1. The molecule has 2 heterocycles. The zero-order chi connectivity index (χ0) is 14.4. The molecule has 2 aromatic rings. The number of hydrogen-bond acceptors (Lipinski definition) is 5. The van der Waals surface area contributed by atoms with E-state index in [1.807, 2.05) is 30.9 Å². The number of halogens is 1. The van der Waals surface area contributed by atoms with Crippen molar-refractivity contribution in [1.29, 1.82) is 0 Å². The minimum atomic E-state index is 0.718. The molecule has 1 N–H and O–H groups in total. The largest absolute Gasteiger partial charge is 0.379 e. The lowest BCUT2D eigenvalue weighted by molar-refractivity contribution is 0.119. The first kappa shape index (κ1) is 15.4. The van der Waals surface area contributed by atoms with Crippen LogP contribution >= 0.6 is 15.9 Å². The van der Waals surface area contributed by atoms with E-state index in [2.05, 4.69) is 36.1 Å². The summed E-state index contributed by atoms with van der Waals surface area (Å²) in [6.07, 6.45) is 5.54. The van der Waals surface area contributed by atoms with E-state index in [4.69, 9.17) is 4.74 Å². The first-order valence-electron chi connectivity index (χ1n) is 6.57. The van der Waals surface area contributed by atoms with Gasteiger partial charge in [0.1, 0.15) is 4.60 Å². The molecule has 6 nitrogen and oxygen atoms in total. The van der Waals surface area contributed by atoms with E-state index >= 15 is 0 Å². The van der Waals surface area contributed by atoms with Crippen LogP contribution in [0.15, 0.2) is 23.2 Å². The van der Waals surface area contributed by atoms with Gasteiger partial charge in [-0.3, -0.25) is 4.40 Å². The third kappa shape index (κ3) is 4.52. The summed E-state index contributed by atoms with van der Waals surface area (Å²) in [4.78, 5) is 10.6. The molecule has 0 saturated carbocycles. The van der Waals surface area contributed by atoms with Gasteiger partial charge in [-0.05, 0) is 30.0 Å². The summed E-state index contributed by atoms with van der Waals surface area (Å²) >= 11 is 3.37. The van der Waals surface area contributed by atoms with Crippen LogP contribution in [0.3, 0.4) is 0 Å². The van der Waals surface area contributed by atoms with E-state index in [1.54, 1.807) is 6.20 Å². The molecule has 0 radical (unpaired) electrons. The van der Waals surface area contributed by atoms with Crippen LogP contribution in [0, 0.1) is 0 Å². The predicted molar refractivity (Wildman–Crippen MR) is 81.8 cm³/mol. The fourth-order valence-electron chi connectivity index (χ4n) is 1.76. The first-order chi connectivity index (χ1) is 9.66. The molecule has 0 fully saturated rings. The van der Waals surface area contributed by atoms with E-state index in [1.165, 1.54) is 0 Å². The minimum Gasteiger partial charge on any atom is -0.379 e. The van der Waals surface area contributed by atoms with Crippen LogP contribution in [0.25, 0.3) is 5.65 Å². The first-order valence-corrected chi connectivity index (χ1v) is 7.37. The third-order valence-electron chi connectivity index (χ3n) is 2.85. The quantitative estimate of drug-likeness (QED) is 0.730. The van der Waals surface area contributed by atoms with Crippen molar-refractivity contribution in [1.82, 2.24) is 24.6 Å². The molecule has 0 aliphatic carbocycles. The molecule has 110 valence electrons. The molecular formula is C13H20BrN5O. The topological polar surface area (TPSA) is 54.7 Å². The van der Waals surface area contributed by atoms with Gasteiger partial charge in [0.05, 0.1) is 31.3 Å². The van der Waals surface area contributed by atoms with Crippen LogP contribution in [0.2, 0.25) is 0 Å². The van der Waals surface area contributed by atoms with Gasteiger partial charge in [-0.1, -0.05) is 0 Å². The highest BCUT2D eigenvalue weighted by molar-refractivity contribution is 9.10. The number of fused-ring (bicyclic) bond motifs is 1. The average Bonchev–Trinajstić information content (AvgIpc) is 2.80. The lowest BCUT2D eigenvalue weighted by Gasteiger charge is -2.10. The number of aromatic nitrogens is 3. The molecule has 0 aliphatic rings. The Kier molecular flexibility index (Phi) is 5.90. The van der Waals surface area contributed by atoms with Gasteiger partial charge in [-0.2, -0.15) is 0 Å². The summed E-state index contributed by atoms with van der Waals surface area (Å²) in [6, 6.07) is 0. The Balaban J connectivity index is 1.72. The Labute approximate surface area is 127 Å². The maximum Gasteiger partial charge on any atom is 0.155 e. The zero-order valence-electron chi connectivity index (χ0n) is 11.8. The molecule has 7 heteroatoms. The van der Waals surface area contributed by atoms with Crippen molar-refractivity contribution in [3.63, 3.8) is 0 Å². The Hall–Kier alpha value is -1.02. The SMILES string of the molecule is CN(C)CCOCCNCc1cnc2cnc(Br)cn12. The Morgan fingerprint density at radius 3 is 2.95 bits per heavy atom. The normalized spacial score (nSPS) is 11.6. The number of rotatable bonds is 8. The molecule has 2 rings (SSSR count). The standard InChI is InChI=1S/C13H20BrN5O/c1-18(2)4-6-20-5-3-15-7-11-8-17-13-9-16-12(14)10-19(11)13/h8-10,15H,3-7H2,1-2H3. The summed E-state index contributed by atoms with van der Waals surface area (Å²) < 4.78 is 8.35. The van der Waals surface area contributed by atoms with E-state index in [0.29, 0.717) is 0 Å². The number of nitrogens with one attached hydrogen (secondary N) is 1. The van der Waals surface area contributed by atoms with Gasteiger partial charge in [0.25, 0.3) is 0 Å². The molecule has 0 atom stereocenters. The van der Waals surface area contributed by atoms with Crippen LogP contribution in [0.1, 0.15) is 5.69 Å². The Bertz CT molecular complexity index is 543. The number of imidazole rings is 1. The molecule has 0 aliphatic heterocycles. The smallest absolute Gasteiger partial charge is 0.155 e. The van der Waals surface area contributed by atoms with Gasteiger partial charge >= 0.3 is 0 Å². The predicted octanol–water partition coefficient (Wildman–Crippen LogP) is 1.16. The van der Waals surface area contributed by atoms with E-state index < -0.39 is 0 Å². The maximum absolute atomic E-state index is 5.53. The van der Waals surface area contributed by atoms with Crippen molar-refractivity contribution in [2.24, 2.45) is 0 Å². The van der Waals surface area contributed by atoms with E-state index in [-0.39, 0.29) is 0 Å². The lowest BCUT2D eigenvalue weighted by atomic mass is 10.4. The molecule has 0 unspecified atom stereocenters. The Morgan fingerprint density at radius 2 is 2.15 bits per heavy atom. The van der Waals surface area contributed by atoms with Crippen LogP contribution in [0.4, 0.5) is 0 Å². The molecular weight excluding hydrogens is 322 g/mol. The second kappa shape index (κ2) is 7.68. The summed E-state index contributed by atoms with van der Waals surface area (Å²) in [5, 5.41) is 3.35. The zero-order valence-corrected chi connectivity index (χ0v) is 13.4. The van der Waals surface area contributed by atoms with Crippen molar-refractivity contribution in [3.05, 3.63) is 28.9 Å². The van der Waals surface area contributed by atoms with Gasteiger partial charge in [-0.25, -0.2) is 9.97 Å². The highest BCUT2D eigenvalue weighted by atomic mass is 79.9. The monoisotopic (exact) mass is 341 g/mol. The molecule has 20 heavy (non-hydrogen) atoms. The fourth-order valence-corrected chi connectivity index (χ4v) is 2.06. The molecule has 0 amide bonds. The molecule has 0 bridgehead atoms. The van der Waals surface area contributed by atoms with Gasteiger partial charge in [0.2, 0.25) is 0 Å². The van der Waals surface area contributed by atoms with Gasteiger partial charge < -0.3 is 15.0 Å². The summed E-state index contributed by atoms with van der Waals surface area (Å²) in [5.41, 5.74) is 1.96. The number of hydrogen-bond donors (Lipinski definition) is 1. The van der Waals surface area contributed by atoms with Crippen molar-refractivity contribution in [2.45, 2.75) is 6.54 Å². The van der Waals surface area contributed by atoms with Crippen LogP contribution in [0.5, 0.6) is 0 Å². The third-order valence-corrected chi connectivity index (χ3v) is 3.26. The molecule has 0 saturated heterocycles. The summed E-state index contributed by atoms with van der Waals surface area (Å²) in [6.45, 7) is 4.02. The van der Waals surface area contributed by atoms with Crippen LogP contribution < -0.4 is 5.32 Å². The number of nitrogens with zero attached hydrogens (tertiary/aromatic N) is 4. The van der Waals surface area contributed by atoms with E-state index in [9.17, 15) is 0 Å². The van der Waals surface area contributed by atoms with Crippen LogP contribution in [-0.4, -0.2) is 59.7 Å². The maximum atomic E-state index is 5.53. The molecule has 0 spiro atoms. The molecule has 2 aromatic heterocycles. The van der Waals surface area contributed by atoms with Crippen LogP contribution in [-0.2, 0) is 11.3 Å². The fraction of sp³-hybridized carbons (Fsp3) is 0.538.